The maximum absolute atomic E-state index is 13.2. The van der Waals surface area contributed by atoms with E-state index in [1.54, 1.807) is 6.07 Å². The maximum atomic E-state index is 13.2. The van der Waals surface area contributed by atoms with E-state index in [0.29, 0.717) is 43.6 Å². The SMILES string of the molecule is CC(C)OCCCNC(=O)c1cc(=O)[nH]c2ccc(S(=O)(=O)N3CCCCCC3)cc12. The molecule has 8 nitrogen and oxygen atoms in total. The molecule has 0 aliphatic carbocycles. The number of benzene rings is 1. The molecule has 0 unspecified atom stereocenters. The predicted molar refractivity (Wildman–Crippen MR) is 120 cm³/mol. The first-order valence-corrected chi connectivity index (χ1v) is 12.3. The molecule has 1 saturated heterocycles. The Morgan fingerprint density at radius 2 is 1.87 bits per heavy atom. The van der Waals surface area contributed by atoms with Crippen LogP contribution in [0.4, 0.5) is 0 Å². The van der Waals surface area contributed by atoms with Gasteiger partial charge in [0.15, 0.2) is 0 Å². The number of sulfonamides is 1. The molecule has 3 rings (SSSR count). The summed E-state index contributed by atoms with van der Waals surface area (Å²) < 4.78 is 33.3. The number of rotatable bonds is 8. The van der Waals surface area contributed by atoms with Gasteiger partial charge in [-0.25, -0.2) is 8.42 Å². The summed E-state index contributed by atoms with van der Waals surface area (Å²) in [7, 11) is -3.67. The number of aromatic nitrogens is 1. The topological polar surface area (TPSA) is 109 Å². The van der Waals surface area contributed by atoms with Crippen molar-refractivity contribution in [2.24, 2.45) is 0 Å². The Morgan fingerprint density at radius 3 is 2.55 bits per heavy atom. The van der Waals surface area contributed by atoms with E-state index in [0.717, 1.165) is 25.7 Å². The minimum atomic E-state index is -3.67. The first-order chi connectivity index (χ1) is 14.8. The van der Waals surface area contributed by atoms with Crippen LogP contribution in [0, 0.1) is 0 Å². The van der Waals surface area contributed by atoms with Crippen LogP contribution in [-0.2, 0) is 14.8 Å². The predicted octanol–water partition coefficient (Wildman–Crippen LogP) is 2.64. The minimum Gasteiger partial charge on any atom is -0.379 e. The van der Waals surface area contributed by atoms with Crippen molar-refractivity contribution in [3.05, 3.63) is 40.2 Å². The molecule has 2 N–H and O–H groups in total. The maximum Gasteiger partial charge on any atom is 0.252 e. The third kappa shape index (κ3) is 5.93. The summed E-state index contributed by atoms with van der Waals surface area (Å²) in [4.78, 5) is 27.6. The zero-order chi connectivity index (χ0) is 22.4. The van der Waals surface area contributed by atoms with Gasteiger partial charge in [-0.1, -0.05) is 12.8 Å². The van der Waals surface area contributed by atoms with Crippen molar-refractivity contribution in [1.82, 2.24) is 14.6 Å². The van der Waals surface area contributed by atoms with Crippen LogP contribution < -0.4 is 10.9 Å². The van der Waals surface area contributed by atoms with E-state index in [-0.39, 0.29) is 16.6 Å². The summed E-state index contributed by atoms with van der Waals surface area (Å²) in [5, 5.41) is 3.20. The molecule has 2 heterocycles. The van der Waals surface area contributed by atoms with E-state index < -0.39 is 21.5 Å². The minimum absolute atomic E-state index is 0.122. The number of hydrogen-bond donors (Lipinski definition) is 2. The summed E-state index contributed by atoms with van der Waals surface area (Å²) in [5.41, 5.74) is 0.177. The molecule has 170 valence electrons. The molecule has 2 aromatic rings. The second kappa shape index (κ2) is 10.4. The lowest BCUT2D eigenvalue weighted by atomic mass is 10.1. The molecule has 0 atom stereocenters. The summed E-state index contributed by atoms with van der Waals surface area (Å²) in [6.07, 6.45) is 4.49. The van der Waals surface area contributed by atoms with E-state index >= 15 is 0 Å². The number of hydrogen-bond acceptors (Lipinski definition) is 5. The van der Waals surface area contributed by atoms with Crippen LogP contribution in [0.3, 0.4) is 0 Å². The number of fused-ring (bicyclic) bond motifs is 1. The monoisotopic (exact) mass is 449 g/mol. The average molecular weight is 450 g/mol. The van der Waals surface area contributed by atoms with Crippen molar-refractivity contribution in [3.63, 3.8) is 0 Å². The number of H-pyrrole nitrogens is 1. The average Bonchev–Trinajstić information content (AvgIpc) is 3.02. The molecular formula is C22H31N3O5S. The number of aromatic amines is 1. The van der Waals surface area contributed by atoms with Gasteiger partial charge in [0.25, 0.3) is 5.91 Å². The molecule has 0 bridgehead atoms. The first kappa shape index (κ1) is 23.4. The normalized spacial score (nSPS) is 15.8. The molecule has 1 aromatic heterocycles. The van der Waals surface area contributed by atoms with Crippen LogP contribution in [0.1, 0.15) is 56.3 Å². The molecule has 1 fully saturated rings. The van der Waals surface area contributed by atoms with E-state index in [1.165, 1.54) is 22.5 Å². The van der Waals surface area contributed by atoms with Crippen LogP contribution in [0.2, 0.25) is 0 Å². The molecule has 0 spiro atoms. The van der Waals surface area contributed by atoms with Gasteiger partial charge in [-0.2, -0.15) is 4.31 Å². The second-order valence-electron chi connectivity index (χ2n) is 8.10. The number of ether oxygens (including phenoxy) is 1. The van der Waals surface area contributed by atoms with Crippen molar-refractivity contribution < 1.29 is 17.9 Å². The van der Waals surface area contributed by atoms with Crippen LogP contribution >= 0.6 is 0 Å². The van der Waals surface area contributed by atoms with Crippen LogP contribution in [0.5, 0.6) is 0 Å². The number of nitrogens with zero attached hydrogens (tertiary/aromatic N) is 1. The summed E-state index contributed by atoms with van der Waals surface area (Å²) in [6.45, 7) is 5.80. The third-order valence-electron chi connectivity index (χ3n) is 5.32. The molecule has 1 aliphatic heterocycles. The van der Waals surface area contributed by atoms with Gasteiger partial charge in [0.05, 0.1) is 16.6 Å². The molecule has 0 radical (unpaired) electrons. The fourth-order valence-corrected chi connectivity index (χ4v) is 5.24. The van der Waals surface area contributed by atoms with E-state index in [1.807, 2.05) is 13.8 Å². The zero-order valence-electron chi connectivity index (χ0n) is 18.1. The van der Waals surface area contributed by atoms with Crippen molar-refractivity contribution in [2.45, 2.75) is 57.0 Å². The van der Waals surface area contributed by atoms with Gasteiger partial charge >= 0.3 is 0 Å². The quantitative estimate of drug-likeness (QED) is 0.602. The zero-order valence-corrected chi connectivity index (χ0v) is 19.0. The van der Waals surface area contributed by atoms with E-state index in [4.69, 9.17) is 4.74 Å². The summed E-state index contributed by atoms with van der Waals surface area (Å²) in [6, 6.07) is 5.74. The number of amides is 1. The first-order valence-electron chi connectivity index (χ1n) is 10.9. The highest BCUT2D eigenvalue weighted by molar-refractivity contribution is 7.89. The highest BCUT2D eigenvalue weighted by Gasteiger charge is 2.26. The van der Waals surface area contributed by atoms with Gasteiger partial charge < -0.3 is 15.0 Å². The Kier molecular flexibility index (Phi) is 7.85. The Bertz CT molecular complexity index is 1070. The van der Waals surface area contributed by atoms with E-state index in [2.05, 4.69) is 10.3 Å². The Morgan fingerprint density at radius 1 is 1.16 bits per heavy atom. The van der Waals surface area contributed by atoms with Crippen LogP contribution in [0.25, 0.3) is 10.9 Å². The number of pyridine rings is 1. The Hall–Kier alpha value is -2.23. The fraction of sp³-hybridized carbons (Fsp3) is 0.545. The van der Waals surface area contributed by atoms with Crippen molar-refractivity contribution in [1.29, 1.82) is 0 Å². The second-order valence-corrected chi connectivity index (χ2v) is 10.0. The molecule has 0 saturated carbocycles. The number of nitrogens with one attached hydrogen (secondary N) is 2. The smallest absolute Gasteiger partial charge is 0.252 e. The highest BCUT2D eigenvalue weighted by atomic mass is 32.2. The Labute approximate surface area is 183 Å². The van der Waals surface area contributed by atoms with Crippen molar-refractivity contribution in [2.75, 3.05) is 26.2 Å². The highest BCUT2D eigenvalue weighted by Crippen LogP contribution is 2.24. The third-order valence-corrected chi connectivity index (χ3v) is 7.21. The molecule has 1 aromatic carbocycles. The van der Waals surface area contributed by atoms with Crippen LogP contribution in [0.15, 0.2) is 34.0 Å². The molecule has 31 heavy (non-hydrogen) atoms. The Balaban J connectivity index is 1.86. The fourth-order valence-electron chi connectivity index (χ4n) is 3.70. The molecule has 9 heteroatoms. The lowest BCUT2D eigenvalue weighted by molar-refractivity contribution is 0.0757. The molecule has 1 aliphatic rings. The van der Waals surface area contributed by atoms with Gasteiger partial charge in [0.1, 0.15) is 0 Å². The van der Waals surface area contributed by atoms with Gasteiger partial charge in [-0.3, -0.25) is 9.59 Å². The lowest BCUT2D eigenvalue weighted by Gasteiger charge is -2.20. The number of carbonyl (C=O) groups excluding carboxylic acids is 1. The van der Waals surface area contributed by atoms with Gasteiger partial charge in [0.2, 0.25) is 15.6 Å². The van der Waals surface area contributed by atoms with Crippen molar-refractivity contribution >= 4 is 26.8 Å². The standard InChI is InChI=1S/C22H31N3O5S/c1-16(2)30-13-7-10-23-22(27)19-15-21(26)24-20-9-8-17(14-18(19)20)31(28,29)25-11-5-3-4-6-12-25/h8-9,14-16H,3-7,10-13H2,1-2H3,(H,23,27)(H,24,26). The van der Waals surface area contributed by atoms with Crippen LogP contribution in [-0.4, -0.2) is 56.0 Å². The molecular weight excluding hydrogens is 418 g/mol. The summed E-state index contributed by atoms with van der Waals surface area (Å²) in [5.74, 6) is -0.412. The lowest BCUT2D eigenvalue weighted by Crippen LogP contribution is -2.32. The van der Waals surface area contributed by atoms with Crippen molar-refractivity contribution in [3.8, 4) is 0 Å². The molecule has 1 amide bonds. The van der Waals surface area contributed by atoms with Gasteiger partial charge in [0, 0.05) is 43.2 Å². The number of carbonyl (C=O) groups is 1. The summed E-state index contributed by atoms with van der Waals surface area (Å²) >= 11 is 0. The van der Waals surface area contributed by atoms with E-state index in [9.17, 15) is 18.0 Å². The van der Waals surface area contributed by atoms with Gasteiger partial charge in [-0.15, -0.1) is 0 Å². The largest absolute Gasteiger partial charge is 0.379 e. The van der Waals surface area contributed by atoms with Gasteiger partial charge in [-0.05, 0) is 51.3 Å².